The molecule has 0 saturated carbocycles. The molecule has 11 nitrogen and oxygen atoms in total. The number of H-pyrrole nitrogens is 1. The van der Waals surface area contributed by atoms with Crippen molar-refractivity contribution in [1.29, 1.82) is 5.26 Å². The van der Waals surface area contributed by atoms with E-state index >= 15 is 0 Å². The number of hydrogen-bond donors (Lipinski definition) is 3. The standard InChI is InChI=1S/C30H32N10O/c1-4-7-27-34-28-20(2)16-23(33-30(32-19-31)39(3)14-15-41)17-26(28)40(27)18-21-10-12-22(13-11-21)24-8-5-6-9-25(24)29-35-37-38-36-29/h5-6,8-13,16-17,41H,4,7,14-15,18H2,1-3H3,(H,32,33)(H,35,36,37,38). The van der Waals surface area contributed by atoms with Crippen LogP contribution in [-0.4, -0.2) is 66.3 Å². The summed E-state index contributed by atoms with van der Waals surface area (Å²) >= 11 is 0. The van der Waals surface area contributed by atoms with Gasteiger partial charge >= 0.3 is 0 Å². The van der Waals surface area contributed by atoms with Crippen molar-refractivity contribution in [2.75, 3.05) is 20.2 Å². The number of imidazole rings is 1. The van der Waals surface area contributed by atoms with Crippen LogP contribution in [0.1, 0.15) is 30.3 Å². The Bertz CT molecular complexity index is 1700. The number of nitrogens with zero attached hydrogens (tertiary/aromatic N) is 8. The lowest BCUT2D eigenvalue weighted by Gasteiger charge is -2.18. The monoisotopic (exact) mass is 548 g/mol. The molecule has 2 heterocycles. The highest BCUT2D eigenvalue weighted by Crippen LogP contribution is 2.31. The third kappa shape index (κ3) is 5.92. The normalized spacial score (nSPS) is 11.5. The van der Waals surface area contributed by atoms with Crippen LogP contribution in [0.4, 0.5) is 5.69 Å². The molecule has 0 spiro atoms. The molecule has 0 aliphatic heterocycles. The van der Waals surface area contributed by atoms with Crippen molar-refractivity contribution in [2.24, 2.45) is 4.99 Å². The summed E-state index contributed by atoms with van der Waals surface area (Å²) in [5, 5.41) is 35.8. The highest BCUT2D eigenvalue weighted by atomic mass is 16.3. The summed E-state index contributed by atoms with van der Waals surface area (Å²) in [6, 6.07) is 20.5. The van der Waals surface area contributed by atoms with E-state index in [0.717, 1.165) is 57.5 Å². The fourth-order valence-electron chi connectivity index (χ4n) is 4.89. The van der Waals surface area contributed by atoms with Crippen LogP contribution < -0.4 is 5.32 Å². The summed E-state index contributed by atoms with van der Waals surface area (Å²) in [5.41, 5.74) is 7.79. The third-order valence-electron chi connectivity index (χ3n) is 6.90. The van der Waals surface area contributed by atoms with Crippen molar-refractivity contribution >= 4 is 22.7 Å². The van der Waals surface area contributed by atoms with E-state index in [4.69, 9.17) is 9.98 Å². The molecule has 5 aromatic rings. The number of aliphatic imine (C=N–C) groups is 1. The maximum Gasteiger partial charge on any atom is 0.212 e. The van der Waals surface area contributed by atoms with Crippen molar-refractivity contribution in [3.8, 4) is 28.7 Å². The molecular formula is C30H32N10O. The molecule has 0 atom stereocenters. The molecule has 0 fully saturated rings. The molecule has 11 heteroatoms. The van der Waals surface area contributed by atoms with Gasteiger partial charge in [0.15, 0.2) is 6.19 Å². The molecule has 0 aliphatic rings. The van der Waals surface area contributed by atoms with E-state index in [1.165, 1.54) is 0 Å². The fourth-order valence-corrected chi connectivity index (χ4v) is 4.89. The van der Waals surface area contributed by atoms with Gasteiger partial charge in [0.2, 0.25) is 11.8 Å². The van der Waals surface area contributed by atoms with Crippen LogP contribution in [0.3, 0.4) is 0 Å². The summed E-state index contributed by atoms with van der Waals surface area (Å²) in [7, 11) is 1.78. The average Bonchev–Trinajstić information content (AvgIpc) is 3.63. The van der Waals surface area contributed by atoms with Crippen LogP contribution in [0.5, 0.6) is 0 Å². The van der Waals surface area contributed by atoms with E-state index in [-0.39, 0.29) is 6.61 Å². The van der Waals surface area contributed by atoms with Gasteiger partial charge in [0, 0.05) is 32.1 Å². The zero-order valence-corrected chi connectivity index (χ0v) is 23.3. The molecule has 0 saturated heterocycles. The first kappa shape index (κ1) is 27.5. The number of nitrogens with one attached hydrogen (secondary N) is 2. The summed E-state index contributed by atoms with van der Waals surface area (Å²) in [5.74, 6) is 1.95. The smallest absolute Gasteiger partial charge is 0.212 e. The first-order chi connectivity index (χ1) is 20.0. The van der Waals surface area contributed by atoms with Gasteiger partial charge in [-0.3, -0.25) is 5.32 Å². The van der Waals surface area contributed by atoms with Crippen LogP contribution in [0.25, 0.3) is 33.5 Å². The topological polar surface area (TPSA) is 144 Å². The van der Waals surface area contributed by atoms with Gasteiger partial charge in [-0.15, -0.1) is 10.2 Å². The number of aliphatic hydroxyl groups is 1. The maximum atomic E-state index is 9.35. The van der Waals surface area contributed by atoms with Gasteiger partial charge < -0.3 is 14.6 Å². The summed E-state index contributed by atoms with van der Waals surface area (Å²) in [6.45, 7) is 5.13. The van der Waals surface area contributed by atoms with E-state index < -0.39 is 0 Å². The largest absolute Gasteiger partial charge is 0.395 e. The summed E-state index contributed by atoms with van der Waals surface area (Å²) < 4.78 is 2.25. The van der Waals surface area contributed by atoms with E-state index in [0.29, 0.717) is 30.6 Å². The summed E-state index contributed by atoms with van der Waals surface area (Å²) in [4.78, 5) is 11.4. The quantitative estimate of drug-likeness (QED) is 0.108. The van der Waals surface area contributed by atoms with E-state index in [2.05, 4.69) is 67.8 Å². The number of guanidine groups is 1. The molecule has 41 heavy (non-hydrogen) atoms. The van der Waals surface area contributed by atoms with E-state index in [1.807, 2.05) is 43.4 Å². The molecule has 5 rings (SSSR count). The molecular weight excluding hydrogens is 516 g/mol. The first-order valence-electron chi connectivity index (χ1n) is 13.5. The Morgan fingerprint density at radius 3 is 2.61 bits per heavy atom. The Morgan fingerprint density at radius 1 is 1.15 bits per heavy atom. The SMILES string of the molecule is CCCc1nc2c(C)cc(N=C(NC#N)N(C)CCO)cc2n1Cc1ccc(-c2ccccc2-c2nn[nH]n2)cc1. The zero-order valence-electron chi connectivity index (χ0n) is 23.3. The molecule has 0 bridgehead atoms. The van der Waals surface area contributed by atoms with Crippen LogP contribution >= 0.6 is 0 Å². The van der Waals surface area contributed by atoms with Gasteiger partial charge in [-0.1, -0.05) is 55.5 Å². The molecule has 0 radical (unpaired) electrons. The fraction of sp³-hybridized carbons (Fsp3) is 0.267. The Hall–Kier alpha value is -5.08. The highest BCUT2D eigenvalue weighted by molar-refractivity contribution is 5.88. The maximum absolute atomic E-state index is 9.35. The van der Waals surface area contributed by atoms with Gasteiger partial charge in [-0.05, 0) is 52.9 Å². The second kappa shape index (κ2) is 12.4. The minimum Gasteiger partial charge on any atom is -0.395 e. The number of aliphatic hydroxyl groups excluding tert-OH is 1. The van der Waals surface area contributed by atoms with Crippen molar-refractivity contribution in [3.63, 3.8) is 0 Å². The van der Waals surface area contributed by atoms with E-state index in [9.17, 15) is 10.4 Å². The number of rotatable bonds is 9. The van der Waals surface area contributed by atoms with Crippen molar-refractivity contribution in [2.45, 2.75) is 33.2 Å². The minimum atomic E-state index is -0.0463. The lowest BCUT2D eigenvalue weighted by Crippen LogP contribution is -2.37. The highest BCUT2D eigenvalue weighted by Gasteiger charge is 2.16. The van der Waals surface area contributed by atoms with Gasteiger partial charge in [-0.25, -0.2) is 9.98 Å². The molecule has 208 valence electrons. The number of aryl methyl sites for hydroxylation is 2. The van der Waals surface area contributed by atoms with Gasteiger partial charge in [0.25, 0.3) is 0 Å². The number of benzene rings is 3. The molecule has 2 aromatic heterocycles. The van der Waals surface area contributed by atoms with Gasteiger partial charge in [0.1, 0.15) is 5.82 Å². The van der Waals surface area contributed by atoms with Gasteiger partial charge in [-0.2, -0.15) is 10.5 Å². The Morgan fingerprint density at radius 2 is 1.93 bits per heavy atom. The number of aromatic amines is 1. The lowest BCUT2D eigenvalue weighted by atomic mass is 9.98. The number of hydrogen-bond acceptors (Lipinski definition) is 7. The Kier molecular flexibility index (Phi) is 8.31. The third-order valence-corrected chi connectivity index (χ3v) is 6.90. The zero-order chi connectivity index (χ0) is 28.8. The molecule has 3 N–H and O–H groups in total. The van der Waals surface area contributed by atoms with Crippen molar-refractivity contribution in [3.05, 3.63) is 77.6 Å². The number of nitriles is 1. The van der Waals surface area contributed by atoms with Crippen LogP contribution in [-0.2, 0) is 13.0 Å². The molecule has 0 amide bonds. The van der Waals surface area contributed by atoms with Crippen LogP contribution in [0, 0.1) is 18.4 Å². The van der Waals surface area contributed by atoms with E-state index in [1.54, 1.807) is 11.9 Å². The second-order valence-corrected chi connectivity index (χ2v) is 9.79. The van der Waals surface area contributed by atoms with Crippen LogP contribution in [0.15, 0.2) is 65.7 Å². The van der Waals surface area contributed by atoms with Gasteiger partial charge in [0.05, 0.1) is 23.3 Å². The Labute approximate surface area is 238 Å². The number of likely N-dealkylation sites (N-methyl/N-ethyl adjacent to an activating group) is 1. The first-order valence-corrected chi connectivity index (χ1v) is 13.5. The van der Waals surface area contributed by atoms with Crippen LogP contribution in [0.2, 0.25) is 0 Å². The molecule has 3 aromatic carbocycles. The molecule has 0 unspecified atom stereocenters. The summed E-state index contributed by atoms with van der Waals surface area (Å²) in [6.07, 6.45) is 3.76. The van der Waals surface area contributed by atoms with Crippen molar-refractivity contribution < 1.29 is 5.11 Å². The lowest BCUT2D eigenvalue weighted by molar-refractivity contribution is 0.262. The number of aromatic nitrogens is 6. The predicted octanol–water partition coefficient (Wildman–Crippen LogP) is 4.17. The minimum absolute atomic E-state index is 0.0463. The number of fused-ring (bicyclic) bond motifs is 1. The van der Waals surface area contributed by atoms with Crippen molar-refractivity contribution in [1.82, 2.24) is 40.4 Å². The molecule has 0 aliphatic carbocycles. The predicted molar refractivity (Wildman–Crippen MR) is 158 cm³/mol. The average molecular weight is 549 g/mol. The Balaban J connectivity index is 1.51. The second-order valence-electron chi connectivity index (χ2n) is 9.79. The number of tetrazole rings is 1.